The van der Waals surface area contributed by atoms with Gasteiger partial charge in [-0.15, -0.1) is 0 Å². The van der Waals surface area contributed by atoms with Crippen molar-refractivity contribution >= 4 is 23.4 Å². The van der Waals surface area contributed by atoms with Crippen molar-refractivity contribution in [1.82, 2.24) is 0 Å². The molecule has 0 amide bonds. The van der Waals surface area contributed by atoms with Gasteiger partial charge in [-0.2, -0.15) is 0 Å². The van der Waals surface area contributed by atoms with Crippen LogP contribution < -0.4 is 14.2 Å². The fourth-order valence-corrected chi connectivity index (χ4v) is 4.16. The van der Waals surface area contributed by atoms with Crippen LogP contribution in [0.4, 0.5) is 0 Å². The highest BCUT2D eigenvalue weighted by Crippen LogP contribution is 2.36. The molecule has 34 heavy (non-hydrogen) atoms. The van der Waals surface area contributed by atoms with Crippen molar-refractivity contribution in [3.8, 4) is 17.2 Å². The molecular formula is C27H33ClO6. The van der Waals surface area contributed by atoms with Gasteiger partial charge in [0, 0.05) is 23.4 Å². The summed E-state index contributed by atoms with van der Waals surface area (Å²) in [6.45, 7) is 3.71. The summed E-state index contributed by atoms with van der Waals surface area (Å²) in [4.78, 5) is 23.6. The predicted molar refractivity (Wildman–Crippen MR) is 132 cm³/mol. The van der Waals surface area contributed by atoms with E-state index in [9.17, 15) is 9.59 Å². The van der Waals surface area contributed by atoms with Gasteiger partial charge in [-0.25, -0.2) is 0 Å². The minimum atomic E-state index is -0.259. The van der Waals surface area contributed by atoms with Gasteiger partial charge in [-0.05, 0) is 68.0 Å². The smallest absolute Gasteiger partial charge is 0.305 e. The van der Waals surface area contributed by atoms with Gasteiger partial charge in [-0.1, -0.05) is 24.9 Å². The van der Waals surface area contributed by atoms with Gasteiger partial charge in [0.05, 0.1) is 32.5 Å². The van der Waals surface area contributed by atoms with E-state index in [0.29, 0.717) is 49.0 Å². The van der Waals surface area contributed by atoms with Gasteiger partial charge in [0.2, 0.25) is 0 Å². The highest BCUT2D eigenvalue weighted by atomic mass is 35.5. The maximum Gasteiger partial charge on any atom is 0.305 e. The average molecular weight is 489 g/mol. The second-order valence-corrected chi connectivity index (χ2v) is 8.71. The molecule has 184 valence electrons. The number of fused-ring (bicyclic) bond motifs is 1. The minimum absolute atomic E-state index is 0.138. The van der Waals surface area contributed by atoms with Crippen LogP contribution in [-0.4, -0.2) is 38.7 Å². The third kappa shape index (κ3) is 7.13. The first-order valence-corrected chi connectivity index (χ1v) is 12.3. The van der Waals surface area contributed by atoms with E-state index in [0.717, 1.165) is 54.7 Å². The largest absolute Gasteiger partial charge is 0.493 e. The molecule has 0 atom stereocenters. The molecule has 3 rings (SSSR count). The normalized spacial score (nSPS) is 12.6. The van der Waals surface area contributed by atoms with E-state index in [4.69, 9.17) is 30.5 Å². The summed E-state index contributed by atoms with van der Waals surface area (Å²) >= 11 is 6.10. The van der Waals surface area contributed by atoms with Gasteiger partial charge in [0.25, 0.3) is 0 Å². The Morgan fingerprint density at radius 3 is 2.50 bits per heavy atom. The highest BCUT2D eigenvalue weighted by molar-refractivity contribution is 6.30. The first kappa shape index (κ1) is 25.9. The number of Topliss-reactive ketones (excluding diaryl/α,β-unsaturated/α-hetero) is 1. The standard InChI is InChI=1S/C27H33ClO6/c1-3-7-22-25(12-10-21-23(29)14-17-34-27(21)22)33-16-6-4-5-15-32-24-11-9-20(28)18-19(24)8-13-26(30)31-2/h9-12,18H,3-8,13-17H2,1-2H3. The molecule has 1 aliphatic rings. The Balaban J connectivity index is 1.44. The molecule has 0 unspecified atom stereocenters. The molecule has 0 aliphatic carbocycles. The van der Waals surface area contributed by atoms with Gasteiger partial charge in [-0.3, -0.25) is 9.59 Å². The van der Waals surface area contributed by atoms with Crippen molar-refractivity contribution in [2.75, 3.05) is 26.9 Å². The van der Waals surface area contributed by atoms with Crippen LogP contribution in [0, 0.1) is 0 Å². The predicted octanol–water partition coefficient (Wildman–Crippen LogP) is 5.99. The lowest BCUT2D eigenvalue weighted by Crippen LogP contribution is -2.17. The fraction of sp³-hybridized carbons (Fsp3) is 0.481. The van der Waals surface area contributed by atoms with Crippen LogP contribution in [0.5, 0.6) is 17.2 Å². The van der Waals surface area contributed by atoms with E-state index < -0.39 is 0 Å². The van der Waals surface area contributed by atoms with Crippen LogP contribution in [0.15, 0.2) is 30.3 Å². The monoisotopic (exact) mass is 488 g/mol. The number of carbonyl (C=O) groups excluding carboxylic acids is 2. The third-order valence-electron chi connectivity index (χ3n) is 5.75. The molecule has 6 nitrogen and oxygen atoms in total. The van der Waals surface area contributed by atoms with Crippen molar-refractivity contribution in [2.24, 2.45) is 0 Å². The lowest BCUT2D eigenvalue weighted by Gasteiger charge is -2.22. The molecule has 0 N–H and O–H groups in total. The second-order valence-electron chi connectivity index (χ2n) is 8.28. The molecule has 7 heteroatoms. The summed E-state index contributed by atoms with van der Waals surface area (Å²) < 4.78 is 22.5. The number of hydrogen-bond acceptors (Lipinski definition) is 6. The van der Waals surface area contributed by atoms with E-state index in [-0.39, 0.29) is 18.2 Å². The van der Waals surface area contributed by atoms with E-state index in [1.54, 1.807) is 6.07 Å². The van der Waals surface area contributed by atoms with Crippen molar-refractivity contribution in [3.05, 3.63) is 52.0 Å². The molecule has 0 radical (unpaired) electrons. The van der Waals surface area contributed by atoms with Crippen LogP contribution in [0.2, 0.25) is 5.02 Å². The highest BCUT2D eigenvalue weighted by Gasteiger charge is 2.23. The summed E-state index contributed by atoms with van der Waals surface area (Å²) in [5, 5.41) is 0.615. The molecule has 1 aliphatic heterocycles. The number of benzene rings is 2. The van der Waals surface area contributed by atoms with Gasteiger partial charge in [0.1, 0.15) is 17.2 Å². The number of ether oxygens (including phenoxy) is 4. The summed E-state index contributed by atoms with van der Waals surface area (Å²) in [6.07, 6.45) is 5.73. The van der Waals surface area contributed by atoms with E-state index >= 15 is 0 Å². The zero-order valence-electron chi connectivity index (χ0n) is 20.0. The molecule has 2 aromatic rings. The summed E-state index contributed by atoms with van der Waals surface area (Å²) in [5.41, 5.74) is 2.57. The maximum atomic E-state index is 12.2. The first-order chi connectivity index (χ1) is 16.5. The maximum absolute atomic E-state index is 12.2. The number of ketones is 1. The third-order valence-corrected chi connectivity index (χ3v) is 5.98. The number of rotatable bonds is 13. The van der Waals surface area contributed by atoms with Crippen LogP contribution in [0.25, 0.3) is 0 Å². The number of unbranched alkanes of at least 4 members (excludes halogenated alkanes) is 2. The quantitative estimate of drug-likeness (QED) is 0.254. The Bertz CT molecular complexity index is 987. The molecule has 0 saturated heterocycles. The Hall–Kier alpha value is -2.73. The molecule has 0 aromatic heterocycles. The van der Waals surface area contributed by atoms with Crippen molar-refractivity contribution in [1.29, 1.82) is 0 Å². The molecule has 0 fully saturated rings. The second kappa shape index (κ2) is 13.2. The summed E-state index contributed by atoms with van der Waals surface area (Å²) in [6, 6.07) is 9.18. The Morgan fingerprint density at radius 1 is 1.03 bits per heavy atom. The molecule has 0 bridgehead atoms. The van der Waals surface area contributed by atoms with Crippen molar-refractivity contribution in [2.45, 2.75) is 58.3 Å². The lowest BCUT2D eigenvalue weighted by molar-refractivity contribution is -0.140. The van der Waals surface area contributed by atoms with Crippen LogP contribution in [-0.2, 0) is 22.4 Å². The average Bonchev–Trinajstić information content (AvgIpc) is 2.84. The Morgan fingerprint density at radius 2 is 1.76 bits per heavy atom. The van der Waals surface area contributed by atoms with E-state index in [1.165, 1.54) is 7.11 Å². The Kier molecular flexibility index (Phi) is 10.1. The van der Waals surface area contributed by atoms with Crippen molar-refractivity contribution in [3.63, 3.8) is 0 Å². The zero-order valence-corrected chi connectivity index (χ0v) is 20.7. The molecule has 0 spiro atoms. The number of carbonyl (C=O) groups is 2. The van der Waals surface area contributed by atoms with Crippen molar-refractivity contribution < 1.29 is 28.5 Å². The lowest BCUT2D eigenvalue weighted by atomic mass is 9.98. The van der Waals surface area contributed by atoms with Gasteiger partial charge < -0.3 is 18.9 Å². The number of methoxy groups -OCH3 is 1. The molecular weight excluding hydrogens is 456 g/mol. The topological polar surface area (TPSA) is 71.1 Å². The first-order valence-electron chi connectivity index (χ1n) is 12.0. The molecule has 2 aromatic carbocycles. The molecule has 1 heterocycles. The van der Waals surface area contributed by atoms with Gasteiger partial charge in [0.15, 0.2) is 5.78 Å². The number of halogens is 1. The fourth-order valence-electron chi connectivity index (χ4n) is 3.96. The summed E-state index contributed by atoms with van der Waals surface area (Å²) in [5.74, 6) is 2.14. The van der Waals surface area contributed by atoms with E-state index in [2.05, 4.69) is 6.92 Å². The zero-order chi connectivity index (χ0) is 24.3. The molecule has 0 saturated carbocycles. The van der Waals surface area contributed by atoms with Crippen LogP contribution in [0.1, 0.15) is 66.9 Å². The number of aryl methyl sites for hydroxylation is 1. The summed E-state index contributed by atoms with van der Waals surface area (Å²) in [7, 11) is 1.38. The number of hydrogen-bond donors (Lipinski definition) is 0. The van der Waals surface area contributed by atoms with E-state index in [1.807, 2.05) is 24.3 Å². The van der Waals surface area contributed by atoms with Gasteiger partial charge >= 0.3 is 5.97 Å². The van der Waals surface area contributed by atoms with Crippen LogP contribution in [0.3, 0.4) is 0 Å². The number of esters is 1. The van der Waals surface area contributed by atoms with Crippen LogP contribution >= 0.6 is 11.6 Å². The SMILES string of the molecule is CCCc1c(OCCCCCOc2ccc(Cl)cc2CCC(=O)OC)ccc2c1OCCC2=O. The minimum Gasteiger partial charge on any atom is -0.493 e. The Labute approximate surface area is 206 Å².